The maximum absolute atomic E-state index is 11.9. The van der Waals surface area contributed by atoms with E-state index in [0.717, 1.165) is 6.42 Å². The van der Waals surface area contributed by atoms with Crippen LogP contribution >= 0.6 is 11.8 Å². The number of nitrogens with two attached hydrogens (primary N) is 1. The van der Waals surface area contributed by atoms with Gasteiger partial charge in [0.15, 0.2) is 0 Å². The number of aromatic nitrogens is 3. The molecule has 19 heavy (non-hydrogen) atoms. The normalized spacial score (nSPS) is 23.3. The Morgan fingerprint density at radius 3 is 2.84 bits per heavy atom. The zero-order valence-corrected chi connectivity index (χ0v) is 12.2. The number of thioether (sulfide) groups is 1. The first-order valence-electron chi connectivity index (χ1n) is 6.67. The van der Waals surface area contributed by atoms with Gasteiger partial charge < -0.3 is 11.2 Å². The van der Waals surface area contributed by atoms with Gasteiger partial charge in [0.05, 0.1) is 5.75 Å². The molecule has 1 fully saturated rings. The molecular weight excluding hydrogens is 262 g/mol. The molecule has 0 saturated heterocycles. The third-order valence-corrected chi connectivity index (χ3v) is 4.57. The second-order valence-electron chi connectivity index (χ2n) is 5.12. The minimum absolute atomic E-state index is 0.0457. The molecular formula is C12H21N5OS. The van der Waals surface area contributed by atoms with Crippen LogP contribution in [0.15, 0.2) is 5.16 Å². The largest absolute Gasteiger partial charge is 0.352 e. The maximum Gasteiger partial charge on any atom is 0.230 e. The van der Waals surface area contributed by atoms with Crippen LogP contribution in [0.2, 0.25) is 0 Å². The molecule has 1 saturated carbocycles. The smallest absolute Gasteiger partial charge is 0.230 e. The Hall–Kier alpha value is -1.24. The number of hydrogen-bond donors (Lipinski definition) is 2. The lowest BCUT2D eigenvalue weighted by Crippen LogP contribution is -2.41. The predicted octanol–water partition coefficient (Wildman–Crippen LogP) is 1.09. The van der Waals surface area contributed by atoms with Crippen molar-refractivity contribution in [3.63, 3.8) is 0 Å². The van der Waals surface area contributed by atoms with Crippen molar-refractivity contribution >= 4 is 17.7 Å². The Morgan fingerprint density at radius 1 is 1.47 bits per heavy atom. The summed E-state index contributed by atoms with van der Waals surface area (Å²) in [6.45, 7) is 3.98. The average molecular weight is 283 g/mol. The van der Waals surface area contributed by atoms with Gasteiger partial charge in [-0.05, 0) is 25.7 Å². The van der Waals surface area contributed by atoms with Gasteiger partial charge in [-0.1, -0.05) is 31.5 Å². The van der Waals surface area contributed by atoms with Crippen molar-refractivity contribution in [2.24, 2.45) is 5.92 Å². The lowest BCUT2D eigenvalue weighted by molar-refractivity contribution is -0.119. The molecule has 2 atom stereocenters. The molecule has 6 nitrogen and oxygen atoms in total. The summed E-state index contributed by atoms with van der Waals surface area (Å²) in [6, 6.07) is 0.319. The lowest BCUT2D eigenvalue weighted by atomic mass is 9.86. The van der Waals surface area contributed by atoms with Crippen molar-refractivity contribution in [1.82, 2.24) is 20.2 Å². The molecule has 1 aliphatic rings. The molecule has 0 spiro atoms. The van der Waals surface area contributed by atoms with Crippen molar-refractivity contribution in [3.05, 3.63) is 5.82 Å². The van der Waals surface area contributed by atoms with E-state index in [0.29, 0.717) is 28.7 Å². The highest BCUT2D eigenvalue weighted by Crippen LogP contribution is 2.24. The Morgan fingerprint density at radius 2 is 2.21 bits per heavy atom. The van der Waals surface area contributed by atoms with Gasteiger partial charge in [-0.2, -0.15) is 0 Å². The van der Waals surface area contributed by atoms with Crippen LogP contribution in [0.3, 0.4) is 0 Å². The molecule has 0 radical (unpaired) electrons. The minimum Gasteiger partial charge on any atom is -0.352 e. The van der Waals surface area contributed by atoms with Gasteiger partial charge in [-0.3, -0.25) is 4.79 Å². The van der Waals surface area contributed by atoms with Gasteiger partial charge in [0, 0.05) is 6.04 Å². The molecule has 2 rings (SSSR count). The summed E-state index contributed by atoms with van der Waals surface area (Å²) in [5.41, 5.74) is 0. The Kier molecular flexibility index (Phi) is 4.68. The predicted molar refractivity (Wildman–Crippen MR) is 75.2 cm³/mol. The van der Waals surface area contributed by atoms with Crippen molar-refractivity contribution in [1.29, 1.82) is 0 Å². The van der Waals surface area contributed by atoms with Gasteiger partial charge in [0.25, 0.3) is 0 Å². The minimum atomic E-state index is 0.0457. The van der Waals surface area contributed by atoms with Crippen LogP contribution in [-0.4, -0.2) is 32.6 Å². The molecule has 1 aliphatic carbocycles. The van der Waals surface area contributed by atoms with Gasteiger partial charge >= 0.3 is 0 Å². The molecule has 0 aliphatic heterocycles. The number of carbonyl (C=O) groups excluding carboxylic acids is 1. The van der Waals surface area contributed by atoms with E-state index in [1.807, 2.05) is 0 Å². The molecule has 1 aromatic rings. The molecule has 106 valence electrons. The number of nitrogens with one attached hydrogen (secondary N) is 1. The summed E-state index contributed by atoms with van der Waals surface area (Å²) in [6.07, 6.45) is 4.77. The summed E-state index contributed by atoms with van der Waals surface area (Å²) >= 11 is 1.32. The third-order valence-electron chi connectivity index (χ3n) is 3.63. The van der Waals surface area contributed by atoms with Crippen LogP contribution in [0, 0.1) is 12.8 Å². The van der Waals surface area contributed by atoms with Crippen LogP contribution in [0.1, 0.15) is 38.4 Å². The second-order valence-corrected chi connectivity index (χ2v) is 6.07. The van der Waals surface area contributed by atoms with Crippen LogP contribution < -0.4 is 11.2 Å². The van der Waals surface area contributed by atoms with E-state index in [1.165, 1.54) is 35.7 Å². The van der Waals surface area contributed by atoms with Crippen molar-refractivity contribution in [2.75, 3.05) is 11.6 Å². The van der Waals surface area contributed by atoms with Gasteiger partial charge in [0.2, 0.25) is 11.1 Å². The van der Waals surface area contributed by atoms with Crippen molar-refractivity contribution in [2.45, 2.75) is 50.7 Å². The first-order valence-corrected chi connectivity index (χ1v) is 7.65. The highest BCUT2D eigenvalue weighted by Gasteiger charge is 2.22. The first-order chi connectivity index (χ1) is 9.08. The molecule has 7 heteroatoms. The van der Waals surface area contributed by atoms with Crippen LogP contribution in [-0.2, 0) is 4.79 Å². The van der Waals surface area contributed by atoms with Crippen molar-refractivity contribution < 1.29 is 4.79 Å². The Balaban J connectivity index is 1.80. The number of rotatable bonds is 4. The lowest BCUT2D eigenvalue weighted by Gasteiger charge is -2.29. The summed E-state index contributed by atoms with van der Waals surface area (Å²) in [4.78, 5) is 11.9. The highest BCUT2D eigenvalue weighted by atomic mass is 32.2. The summed E-state index contributed by atoms with van der Waals surface area (Å²) < 4.78 is 1.40. The average Bonchev–Trinajstić information content (AvgIpc) is 2.70. The van der Waals surface area contributed by atoms with Crippen molar-refractivity contribution in [3.8, 4) is 0 Å². The van der Waals surface area contributed by atoms with Gasteiger partial charge in [-0.15, -0.1) is 10.2 Å². The van der Waals surface area contributed by atoms with Gasteiger partial charge in [-0.25, -0.2) is 4.68 Å². The number of nitrogen functional groups attached to an aromatic ring is 1. The van der Waals surface area contributed by atoms with E-state index in [2.05, 4.69) is 22.4 Å². The van der Waals surface area contributed by atoms with E-state index < -0.39 is 0 Å². The Bertz CT molecular complexity index is 447. The maximum atomic E-state index is 11.9. The first kappa shape index (κ1) is 14.2. The van der Waals surface area contributed by atoms with E-state index in [-0.39, 0.29) is 5.91 Å². The monoisotopic (exact) mass is 283 g/mol. The topological polar surface area (TPSA) is 85.8 Å². The zero-order valence-electron chi connectivity index (χ0n) is 11.4. The van der Waals surface area contributed by atoms with E-state index >= 15 is 0 Å². The van der Waals surface area contributed by atoms with Crippen LogP contribution in [0.5, 0.6) is 0 Å². The standard InChI is InChI=1S/C12H21N5OS/c1-8-5-3-4-6-10(8)14-11(18)7-19-12-16-15-9(2)17(12)13/h8,10H,3-7,13H2,1-2H3,(H,14,18)/t8-,10-/m0/s1. The summed E-state index contributed by atoms with van der Waals surface area (Å²) in [5, 5.41) is 11.5. The van der Waals surface area contributed by atoms with E-state index in [4.69, 9.17) is 5.84 Å². The molecule has 1 heterocycles. The Labute approximate surface area is 117 Å². The quantitative estimate of drug-likeness (QED) is 0.638. The fourth-order valence-electron chi connectivity index (χ4n) is 2.36. The molecule has 1 aromatic heterocycles. The number of hydrogen-bond acceptors (Lipinski definition) is 5. The fourth-order valence-corrected chi connectivity index (χ4v) is 3.07. The second kappa shape index (κ2) is 6.27. The highest BCUT2D eigenvalue weighted by molar-refractivity contribution is 7.99. The molecule has 1 amide bonds. The number of nitrogens with zero attached hydrogens (tertiary/aromatic N) is 3. The summed E-state index contributed by atoms with van der Waals surface area (Å²) in [7, 11) is 0. The van der Waals surface area contributed by atoms with Crippen LogP contribution in [0.4, 0.5) is 0 Å². The molecule has 3 N–H and O–H groups in total. The van der Waals surface area contributed by atoms with Crippen LogP contribution in [0.25, 0.3) is 0 Å². The zero-order chi connectivity index (χ0) is 13.8. The molecule has 0 bridgehead atoms. The van der Waals surface area contributed by atoms with E-state index in [9.17, 15) is 4.79 Å². The molecule has 0 aromatic carbocycles. The number of aryl methyl sites for hydroxylation is 1. The fraction of sp³-hybridized carbons (Fsp3) is 0.750. The SMILES string of the molecule is Cc1nnc(SCC(=O)N[C@H]2CCCC[C@@H]2C)n1N. The van der Waals surface area contributed by atoms with Gasteiger partial charge in [0.1, 0.15) is 5.82 Å². The molecule has 0 unspecified atom stereocenters. The summed E-state index contributed by atoms with van der Waals surface area (Å²) in [5.74, 6) is 7.33. The third kappa shape index (κ3) is 3.62. The number of carbonyl (C=O) groups is 1. The van der Waals surface area contributed by atoms with E-state index in [1.54, 1.807) is 6.92 Å². The number of amides is 1.